The van der Waals surface area contributed by atoms with Crippen LogP contribution < -0.4 is 5.73 Å². The largest absolute Gasteiger partial charge is 0.331 e. The first kappa shape index (κ1) is 27.6. The molecular weight excluding hydrogens is 400 g/mol. The lowest BCUT2D eigenvalue weighted by atomic mass is 9.62. The highest BCUT2D eigenvalue weighted by Crippen LogP contribution is 2.51. The Kier molecular flexibility index (Phi) is 7.96. The molecule has 0 saturated heterocycles. The first-order valence-electron chi connectivity index (χ1n) is 13.0. The number of nitrogens with zero attached hydrogens (tertiary/aromatic N) is 1. The maximum absolute atomic E-state index is 4.98. The van der Waals surface area contributed by atoms with Gasteiger partial charge in [0.15, 0.2) is 0 Å². The van der Waals surface area contributed by atoms with Gasteiger partial charge in [-0.15, -0.1) is 0 Å². The van der Waals surface area contributed by atoms with Crippen LogP contribution in [0.3, 0.4) is 0 Å². The Labute approximate surface area is 204 Å². The second-order valence-electron chi connectivity index (χ2n) is 12.4. The Morgan fingerprint density at radius 1 is 0.727 bits per heavy atom. The number of pyridine rings is 1. The van der Waals surface area contributed by atoms with Gasteiger partial charge in [0.2, 0.25) is 0 Å². The minimum atomic E-state index is 0.208. The van der Waals surface area contributed by atoms with E-state index < -0.39 is 0 Å². The number of hydrogen-bond donors (Lipinski definition) is 1. The fourth-order valence-corrected chi connectivity index (χ4v) is 6.00. The van der Waals surface area contributed by atoms with Crippen LogP contribution in [0, 0.1) is 6.92 Å². The molecule has 2 N–H and O–H groups in total. The molecule has 1 aromatic heterocycles. The van der Waals surface area contributed by atoms with E-state index in [4.69, 9.17) is 10.7 Å². The van der Waals surface area contributed by atoms with Gasteiger partial charge in [0.25, 0.3) is 0 Å². The molecule has 0 aliphatic heterocycles. The molecule has 184 valence electrons. The van der Waals surface area contributed by atoms with Gasteiger partial charge in [0.05, 0.1) is 5.69 Å². The van der Waals surface area contributed by atoms with Gasteiger partial charge < -0.3 is 5.73 Å². The summed E-state index contributed by atoms with van der Waals surface area (Å²) >= 11 is 0. The van der Waals surface area contributed by atoms with Gasteiger partial charge in [0.1, 0.15) is 0 Å². The zero-order chi connectivity index (χ0) is 25.4. The van der Waals surface area contributed by atoms with Gasteiger partial charge in [0, 0.05) is 11.8 Å². The number of nitrogens with two attached hydrogens (primary N) is 1. The molecule has 0 atom stereocenters. The third-order valence-electron chi connectivity index (χ3n) is 7.72. The van der Waals surface area contributed by atoms with E-state index >= 15 is 0 Å². The molecule has 0 unspecified atom stereocenters. The number of aryl methyl sites for hydroxylation is 1. The summed E-state index contributed by atoms with van der Waals surface area (Å²) in [5, 5.41) is 0. The monoisotopic (exact) mass is 450 g/mol. The zero-order valence-corrected chi connectivity index (χ0v) is 23.7. The fraction of sp³-hybridized carbons (Fsp3) is 0.645. The Balaban J connectivity index is 0.000000714. The summed E-state index contributed by atoms with van der Waals surface area (Å²) in [6.07, 6.45) is 5.85. The van der Waals surface area contributed by atoms with Crippen LogP contribution in [0.15, 0.2) is 24.4 Å². The quantitative estimate of drug-likeness (QED) is 0.474. The molecular formula is C31H50N2. The van der Waals surface area contributed by atoms with Crippen LogP contribution in [0.1, 0.15) is 123 Å². The van der Waals surface area contributed by atoms with E-state index in [-0.39, 0.29) is 21.7 Å². The fourth-order valence-electron chi connectivity index (χ4n) is 6.00. The van der Waals surface area contributed by atoms with E-state index in [2.05, 4.69) is 86.7 Å². The average Bonchev–Trinajstić information content (AvgIpc) is 2.91. The summed E-state index contributed by atoms with van der Waals surface area (Å²) in [6, 6.07) is 7.31. The second kappa shape index (κ2) is 9.53. The van der Waals surface area contributed by atoms with Crippen LogP contribution in [-0.4, -0.2) is 11.5 Å². The van der Waals surface area contributed by atoms with Crippen molar-refractivity contribution in [1.82, 2.24) is 4.98 Å². The number of benzene rings is 1. The lowest BCUT2D eigenvalue weighted by Gasteiger charge is -2.42. The Morgan fingerprint density at radius 3 is 1.67 bits per heavy atom. The highest BCUT2D eigenvalue weighted by molar-refractivity contribution is 5.69. The Hall–Kier alpha value is -1.67. The molecule has 1 heterocycles. The van der Waals surface area contributed by atoms with Crippen LogP contribution in [0.4, 0.5) is 0 Å². The molecule has 0 bridgehead atoms. The summed E-state index contributed by atoms with van der Waals surface area (Å²) in [5.74, 6) is 0. The standard InChI is InChI=1S/C27H37N.C2H7N.C2H6/c1-17-12-19-20(25(4,5)11-10-24(19,2)3)13-18(17)23-14-21-22(15-28-23)27(8,9)16-26(21,6)7;1-2-3;1-2/h12-15H,10-11,16H2,1-9H3;2-3H2,1H3;1-2H3. The Morgan fingerprint density at radius 2 is 1.15 bits per heavy atom. The third-order valence-corrected chi connectivity index (χ3v) is 7.72. The van der Waals surface area contributed by atoms with Crippen LogP contribution >= 0.6 is 0 Å². The smallest absolute Gasteiger partial charge is 0.0707 e. The van der Waals surface area contributed by atoms with Crippen molar-refractivity contribution in [3.63, 3.8) is 0 Å². The van der Waals surface area contributed by atoms with Gasteiger partial charge in [-0.3, -0.25) is 4.98 Å². The molecule has 4 rings (SSSR count). The topological polar surface area (TPSA) is 38.9 Å². The van der Waals surface area contributed by atoms with Crippen LogP contribution in [0.2, 0.25) is 0 Å². The predicted molar refractivity (Wildman–Crippen MR) is 146 cm³/mol. The van der Waals surface area contributed by atoms with E-state index in [0.29, 0.717) is 0 Å². The van der Waals surface area contributed by atoms with Crippen molar-refractivity contribution in [3.8, 4) is 11.3 Å². The van der Waals surface area contributed by atoms with Crippen molar-refractivity contribution in [2.24, 2.45) is 5.73 Å². The Bertz CT molecular complexity index is 977. The van der Waals surface area contributed by atoms with Gasteiger partial charge in [-0.05, 0) is 94.3 Å². The average molecular weight is 451 g/mol. The van der Waals surface area contributed by atoms with E-state index in [9.17, 15) is 0 Å². The van der Waals surface area contributed by atoms with Crippen molar-refractivity contribution >= 4 is 0 Å². The number of rotatable bonds is 1. The number of aromatic nitrogens is 1. The van der Waals surface area contributed by atoms with Gasteiger partial charge in [-0.2, -0.15) is 0 Å². The molecule has 2 aromatic rings. The zero-order valence-electron chi connectivity index (χ0n) is 23.7. The van der Waals surface area contributed by atoms with Crippen LogP contribution in [-0.2, 0) is 21.7 Å². The van der Waals surface area contributed by atoms with E-state index in [1.165, 1.54) is 52.6 Å². The molecule has 2 heteroatoms. The molecule has 0 saturated carbocycles. The lowest BCUT2D eigenvalue weighted by molar-refractivity contribution is 0.332. The van der Waals surface area contributed by atoms with E-state index in [0.717, 1.165) is 12.2 Å². The van der Waals surface area contributed by atoms with Crippen molar-refractivity contribution in [2.75, 3.05) is 6.54 Å². The van der Waals surface area contributed by atoms with Crippen LogP contribution in [0.25, 0.3) is 11.3 Å². The van der Waals surface area contributed by atoms with Gasteiger partial charge in [-0.1, -0.05) is 82.2 Å². The maximum atomic E-state index is 4.98. The normalized spacial score (nSPS) is 20.4. The van der Waals surface area contributed by atoms with Crippen molar-refractivity contribution in [2.45, 2.75) is 124 Å². The summed E-state index contributed by atoms with van der Waals surface area (Å²) < 4.78 is 0. The summed E-state index contributed by atoms with van der Waals surface area (Å²) in [6.45, 7) is 28.0. The first-order chi connectivity index (χ1) is 15.2. The molecule has 0 spiro atoms. The molecule has 0 fully saturated rings. The minimum absolute atomic E-state index is 0.208. The number of fused-ring (bicyclic) bond motifs is 2. The molecule has 1 aromatic carbocycles. The van der Waals surface area contributed by atoms with Crippen molar-refractivity contribution in [3.05, 3.63) is 52.2 Å². The highest BCUT2D eigenvalue weighted by Gasteiger charge is 2.42. The van der Waals surface area contributed by atoms with Crippen molar-refractivity contribution < 1.29 is 0 Å². The lowest BCUT2D eigenvalue weighted by Crippen LogP contribution is -2.34. The summed E-state index contributed by atoms with van der Waals surface area (Å²) in [5.41, 5.74) is 15.5. The number of hydrogen-bond acceptors (Lipinski definition) is 2. The molecule has 2 aliphatic carbocycles. The summed E-state index contributed by atoms with van der Waals surface area (Å²) in [4.78, 5) is 4.98. The summed E-state index contributed by atoms with van der Waals surface area (Å²) in [7, 11) is 0. The van der Waals surface area contributed by atoms with Gasteiger partial charge in [-0.25, -0.2) is 0 Å². The maximum Gasteiger partial charge on any atom is 0.0707 e. The second-order valence-corrected chi connectivity index (χ2v) is 12.4. The van der Waals surface area contributed by atoms with Crippen molar-refractivity contribution in [1.29, 1.82) is 0 Å². The first-order valence-corrected chi connectivity index (χ1v) is 13.0. The van der Waals surface area contributed by atoms with Gasteiger partial charge >= 0.3 is 0 Å². The molecule has 2 aliphatic rings. The van der Waals surface area contributed by atoms with E-state index in [1.807, 2.05) is 20.8 Å². The SMILES string of the molecule is CC.CCN.Cc1cc2c(cc1-c1cc3c(cn1)C(C)(C)CC3(C)C)C(C)(C)CCC2(C)C. The third kappa shape index (κ3) is 5.21. The highest BCUT2D eigenvalue weighted by atomic mass is 14.7. The molecule has 2 nitrogen and oxygen atoms in total. The van der Waals surface area contributed by atoms with E-state index in [1.54, 1.807) is 0 Å². The minimum Gasteiger partial charge on any atom is -0.331 e. The molecule has 0 radical (unpaired) electrons. The van der Waals surface area contributed by atoms with Crippen LogP contribution in [0.5, 0.6) is 0 Å². The predicted octanol–water partition coefficient (Wildman–Crippen LogP) is 8.36. The molecule has 0 amide bonds. The molecule has 33 heavy (non-hydrogen) atoms.